The lowest BCUT2D eigenvalue weighted by molar-refractivity contribution is -0.204. The lowest BCUT2D eigenvalue weighted by Gasteiger charge is -2.40. The Labute approximate surface area is 124 Å². The first-order valence-corrected chi connectivity index (χ1v) is 7.39. The van der Waals surface area contributed by atoms with Crippen molar-refractivity contribution in [2.45, 2.75) is 37.1 Å². The zero-order chi connectivity index (χ0) is 14.4. The first kappa shape index (κ1) is 14.4. The van der Waals surface area contributed by atoms with Gasteiger partial charge >= 0.3 is 0 Å². The highest BCUT2D eigenvalue weighted by molar-refractivity contribution is 9.10. The fourth-order valence-electron chi connectivity index (χ4n) is 2.98. The predicted molar refractivity (Wildman–Crippen MR) is 71.1 cm³/mol. The Hall–Kier alpha value is -0.560. The molecule has 0 radical (unpaired) electrons. The number of rotatable bonds is 1. The van der Waals surface area contributed by atoms with Crippen LogP contribution < -0.4 is 0 Å². The first-order valence-electron chi connectivity index (χ1n) is 6.60. The Bertz CT molecular complexity index is 519. The minimum atomic E-state index is -1.37. The Morgan fingerprint density at radius 2 is 1.60 bits per heavy atom. The van der Waals surface area contributed by atoms with Gasteiger partial charge in [-0.05, 0) is 40.9 Å². The van der Waals surface area contributed by atoms with E-state index in [0.717, 1.165) is 12.1 Å². The van der Waals surface area contributed by atoms with E-state index in [1.807, 2.05) is 0 Å². The number of benzene rings is 1. The summed E-state index contributed by atoms with van der Waals surface area (Å²) >= 11 is 2.93. The molecule has 1 aromatic carbocycles. The van der Waals surface area contributed by atoms with E-state index in [2.05, 4.69) is 15.9 Å². The van der Waals surface area contributed by atoms with Crippen molar-refractivity contribution >= 4 is 15.9 Å². The molecule has 6 heteroatoms. The van der Waals surface area contributed by atoms with Crippen molar-refractivity contribution in [3.05, 3.63) is 33.8 Å². The molecular formula is C14H15BrF2O3. The van der Waals surface area contributed by atoms with Crippen LogP contribution in [0.3, 0.4) is 0 Å². The summed E-state index contributed by atoms with van der Waals surface area (Å²) in [5.74, 6) is -1.83. The summed E-state index contributed by atoms with van der Waals surface area (Å²) in [6.45, 7) is 1.08. The van der Waals surface area contributed by atoms with Crippen molar-refractivity contribution in [1.29, 1.82) is 0 Å². The first-order chi connectivity index (χ1) is 9.44. The molecule has 2 fully saturated rings. The molecule has 0 aromatic heterocycles. The highest BCUT2D eigenvalue weighted by Crippen LogP contribution is 2.45. The van der Waals surface area contributed by atoms with Gasteiger partial charge in [0, 0.05) is 18.4 Å². The Kier molecular flexibility index (Phi) is 3.61. The van der Waals surface area contributed by atoms with E-state index in [0.29, 0.717) is 26.1 Å². The van der Waals surface area contributed by atoms with Crippen LogP contribution in [0.15, 0.2) is 16.6 Å². The van der Waals surface area contributed by atoms with Crippen LogP contribution in [0.25, 0.3) is 0 Å². The molecule has 1 aliphatic heterocycles. The monoisotopic (exact) mass is 348 g/mol. The second kappa shape index (κ2) is 5.02. The molecule has 3 rings (SSSR count). The molecule has 0 atom stereocenters. The molecule has 0 bridgehead atoms. The van der Waals surface area contributed by atoms with Crippen LogP contribution in [0, 0.1) is 11.6 Å². The largest absolute Gasteiger partial charge is 0.385 e. The number of aliphatic hydroxyl groups is 1. The molecule has 20 heavy (non-hydrogen) atoms. The normalized spacial score (nSPS) is 24.2. The van der Waals surface area contributed by atoms with E-state index in [-0.39, 0.29) is 22.9 Å². The highest BCUT2D eigenvalue weighted by atomic mass is 79.9. The molecule has 0 amide bonds. The maximum Gasteiger partial charge on any atom is 0.168 e. The molecule has 1 aliphatic carbocycles. The van der Waals surface area contributed by atoms with Gasteiger partial charge in [-0.1, -0.05) is 0 Å². The van der Waals surface area contributed by atoms with Crippen LogP contribution in [-0.2, 0) is 15.1 Å². The van der Waals surface area contributed by atoms with Gasteiger partial charge in [-0.15, -0.1) is 0 Å². The van der Waals surface area contributed by atoms with Crippen LogP contribution >= 0.6 is 15.9 Å². The van der Waals surface area contributed by atoms with Gasteiger partial charge in [0.2, 0.25) is 0 Å². The van der Waals surface area contributed by atoms with Gasteiger partial charge in [0.05, 0.1) is 23.3 Å². The maximum absolute atomic E-state index is 14.0. The van der Waals surface area contributed by atoms with Gasteiger partial charge in [-0.3, -0.25) is 0 Å². The fraction of sp³-hybridized carbons (Fsp3) is 0.571. The van der Waals surface area contributed by atoms with E-state index in [9.17, 15) is 13.9 Å². The SMILES string of the molecule is OC1(c2cc(F)c(Br)cc2F)CCC2(CC1)OCCO2. The molecule has 1 spiro atoms. The van der Waals surface area contributed by atoms with Crippen LogP contribution in [0.4, 0.5) is 8.78 Å². The van der Waals surface area contributed by atoms with Gasteiger partial charge in [0.25, 0.3) is 0 Å². The Morgan fingerprint density at radius 3 is 2.20 bits per heavy atom. The van der Waals surface area contributed by atoms with Crippen molar-refractivity contribution in [2.24, 2.45) is 0 Å². The molecule has 1 N–H and O–H groups in total. The third-order valence-electron chi connectivity index (χ3n) is 4.16. The molecule has 110 valence electrons. The quantitative estimate of drug-likeness (QED) is 0.792. The summed E-state index contributed by atoms with van der Waals surface area (Å²) in [7, 11) is 0. The molecular weight excluding hydrogens is 334 g/mol. The topological polar surface area (TPSA) is 38.7 Å². The molecule has 1 heterocycles. The third kappa shape index (κ3) is 2.39. The molecule has 3 nitrogen and oxygen atoms in total. The number of ether oxygens (including phenoxy) is 2. The second-order valence-corrected chi connectivity index (χ2v) is 6.24. The minimum Gasteiger partial charge on any atom is -0.385 e. The van der Waals surface area contributed by atoms with Crippen LogP contribution in [0.1, 0.15) is 31.2 Å². The van der Waals surface area contributed by atoms with Gasteiger partial charge in [0.15, 0.2) is 5.79 Å². The number of hydrogen-bond donors (Lipinski definition) is 1. The molecule has 0 unspecified atom stereocenters. The fourth-order valence-corrected chi connectivity index (χ4v) is 3.29. The summed E-state index contributed by atoms with van der Waals surface area (Å²) < 4.78 is 38.8. The molecule has 1 saturated heterocycles. The lowest BCUT2D eigenvalue weighted by atomic mass is 9.77. The molecule has 1 saturated carbocycles. The Morgan fingerprint density at radius 1 is 1.00 bits per heavy atom. The summed E-state index contributed by atoms with van der Waals surface area (Å²) in [5, 5.41) is 10.6. The van der Waals surface area contributed by atoms with E-state index < -0.39 is 23.0 Å². The smallest absolute Gasteiger partial charge is 0.168 e. The van der Waals surface area contributed by atoms with E-state index in [1.54, 1.807) is 0 Å². The Balaban J connectivity index is 1.85. The molecule has 1 aromatic rings. The van der Waals surface area contributed by atoms with Crippen molar-refractivity contribution in [3.8, 4) is 0 Å². The minimum absolute atomic E-state index is 0.00560. The molecule has 2 aliphatic rings. The summed E-state index contributed by atoms with van der Waals surface area (Å²) in [6.07, 6.45) is 1.51. The predicted octanol–water partition coefficient (Wildman–Crippen LogP) is 3.23. The van der Waals surface area contributed by atoms with Gasteiger partial charge in [-0.2, -0.15) is 0 Å². The van der Waals surface area contributed by atoms with Crippen molar-refractivity contribution in [1.82, 2.24) is 0 Å². The summed E-state index contributed by atoms with van der Waals surface area (Å²) in [5.41, 5.74) is -1.36. The zero-order valence-electron chi connectivity index (χ0n) is 10.8. The lowest BCUT2D eigenvalue weighted by Crippen LogP contribution is -2.42. The van der Waals surface area contributed by atoms with Crippen LogP contribution in [-0.4, -0.2) is 24.1 Å². The van der Waals surface area contributed by atoms with Crippen LogP contribution in [0.2, 0.25) is 0 Å². The average molecular weight is 349 g/mol. The van der Waals surface area contributed by atoms with Gasteiger partial charge in [0.1, 0.15) is 11.6 Å². The zero-order valence-corrected chi connectivity index (χ0v) is 12.4. The number of halogens is 3. The van der Waals surface area contributed by atoms with E-state index in [1.165, 1.54) is 0 Å². The van der Waals surface area contributed by atoms with Crippen molar-refractivity contribution in [3.63, 3.8) is 0 Å². The van der Waals surface area contributed by atoms with E-state index >= 15 is 0 Å². The van der Waals surface area contributed by atoms with Gasteiger partial charge in [-0.25, -0.2) is 8.78 Å². The van der Waals surface area contributed by atoms with Crippen molar-refractivity contribution in [2.75, 3.05) is 13.2 Å². The highest BCUT2D eigenvalue weighted by Gasteiger charge is 2.47. The summed E-state index contributed by atoms with van der Waals surface area (Å²) in [6, 6.07) is 2.11. The summed E-state index contributed by atoms with van der Waals surface area (Å²) in [4.78, 5) is 0. The third-order valence-corrected chi connectivity index (χ3v) is 4.77. The maximum atomic E-state index is 14.0. The van der Waals surface area contributed by atoms with Crippen LogP contribution in [0.5, 0.6) is 0 Å². The average Bonchev–Trinajstić information content (AvgIpc) is 2.87. The van der Waals surface area contributed by atoms with E-state index in [4.69, 9.17) is 9.47 Å². The second-order valence-electron chi connectivity index (χ2n) is 5.39. The number of hydrogen-bond acceptors (Lipinski definition) is 3. The van der Waals surface area contributed by atoms with Crippen molar-refractivity contribution < 1.29 is 23.4 Å². The standard InChI is InChI=1S/C14H15BrF2O3/c15-10-8-11(16)9(7-12(10)17)13(18)1-3-14(4-2-13)19-5-6-20-14/h7-8,18H,1-6H2. The van der Waals surface area contributed by atoms with Gasteiger partial charge < -0.3 is 14.6 Å².